The lowest BCUT2D eigenvalue weighted by molar-refractivity contribution is -0.730. The van der Waals surface area contributed by atoms with Gasteiger partial charge in [-0.15, -0.1) is 0 Å². The Hall–Kier alpha value is -0.380. The number of halogens is 1. The molecule has 1 aromatic heterocycles. The first-order chi connectivity index (χ1) is 3.29. The van der Waals surface area contributed by atoms with Gasteiger partial charge < -0.3 is 0 Å². The number of H-pyrrole nitrogens is 1. The van der Waals surface area contributed by atoms with Gasteiger partial charge in [0.15, 0.2) is 6.20 Å². The number of hydrogen-bond donors (Lipinski definition) is 1. The van der Waals surface area contributed by atoms with Gasteiger partial charge in [0.25, 0.3) is 4.60 Å². The van der Waals surface area contributed by atoms with Crippen molar-refractivity contribution in [3.63, 3.8) is 0 Å². The van der Waals surface area contributed by atoms with Crippen molar-refractivity contribution < 1.29 is 4.68 Å². The van der Waals surface area contributed by atoms with E-state index in [4.69, 9.17) is 0 Å². The van der Waals surface area contributed by atoms with Crippen LogP contribution >= 0.6 is 15.9 Å². The Labute approximate surface area is 49.5 Å². The van der Waals surface area contributed by atoms with Crippen molar-refractivity contribution in [2.75, 3.05) is 0 Å². The summed E-state index contributed by atoms with van der Waals surface area (Å²) in [5.41, 5.74) is 0. The molecule has 0 fully saturated rings. The minimum Gasteiger partial charge on any atom is -0.165 e. The SMILES string of the molecule is C[n+]1cc(Br)n[nH]1. The maximum atomic E-state index is 3.77. The van der Waals surface area contributed by atoms with E-state index in [1.165, 1.54) is 0 Å². The van der Waals surface area contributed by atoms with Crippen LogP contribution in [-0.2, 0) is 7.05 Å². The molecular weight excluding hydrogens is 158 g/mol. The van der Waals surface area contributed by atoms with Crippen LogP contribution in [0.15, 0.2) is 10.8 Å². The number of aryl methyl sites for hydroxylation is 1. The van der Waals surface area contributed by atoms with Crippen LogP contribution < -0.4 is 4.68 Å². The lowest BCUT2D eigenvalue weighted by Crippen LogP contribution is -2.28. The zero-order chi connectivity index (χ0) is 5.28. The molecule has 0 aliphatic carbocycles. The van der Waals surface area contributed by atoms with Crippen molar-refractivity contribution in [2.24, 2.45) is 7.05 Å². The van der Waals surface area contributed by atoms with Crippen LogP contribution in [0.3, 0.4) is 0 Å². The Bertz CT molecular complexity index is 142. The van der Waals surface area contributed by atoms with Crippen LogP contribution in [0.5, 0.6) is 0 Å². The van der Waals surface area contributed by atoms with E-state index in [1.807, 2.05) is 13.2 Å². The molecule has 7 heavy (non-hydrogen) atoms. The van der Waals surface area contributed by atoms with Gasteiger partial charge in [-0.25, -0.2) is 0 Å². The van der Waals surface area contributed by atoms with Gasteiger partial charge in [-0.3, -0.25) is 0 Å². The van der Waals surface area contributed by atoms with Crippen LogP contribution in [0.25, 0.3) is 0 Å². The minimum atomic E-state index is 0.829. The fourth-order valence-corrected chi connectivity index (χ4v) is 0.731. The molecule has 0 aliphatic heterocycles. The monoisotopic (exact) mass is 162 g/mol. The number of aromatic nitrogens is 3. The van der Waals surface area contributed by atoms with Gasteiger partial charge >= 0.3 is 0 Å². The number of hydrogen-bond acceptors (Lipinski definition) is 1. The first-order valence-corrected chi connectivity index (χ1v) is 2.65. The van der Waals surface area contributed by atoms with Gasteiger partial charge in [-0.1, -0.05) is 5.21 Å². The van der Waals surface area contributed by atoms with Gasteiger partial charge in [-0.05, 0) is 0 Å². The van der Waals surface area contributed by atoms with E-state index in [1.54, 1.807) is 4.68 Å². The van der Waals surface area contributed by atoms with Crippen molar-refractivity contribution in [2.45, 2.75) is 0 Å². The highest BCUT2D eigenvalue weighted by Gasteiger charge is 1.96. The Balaban J connectivity index is 3.04. The zero-order valence-corrected chi connectivity index (χ0v) is 5.44. The van der Waals surface area contributed by atoms with Gasteiger partial charge in [0.05, 0.1) is 5.10 Å². The third kappa shape index (κ3) is 0.991. The van der Waals surface area contributed by atoms with Crippen molar-refractivity contribution in [3.05, 3.63) is 10.8 Å². The smallest absolute Gasteiger partial charge is 0.165 e. The summed E-state index contributed by atoms with van der Waals surface area (Å²) < 4.78 is 2.58. The molecule has 4 heteroatoms. The molecule has 0 saturated carbocycles. The van der Waals surface area contributed by atoms with Crippen LogP contribution in [0.4, 0.5) is 0 Å². The van der Waals surface area contributed by atoms with Gasteiger partial charge in [0, 0.05) is 15.9 Å². The fraction of sp³-hybridized carbons (Fsp3) is 0.333. The summed E-state index contributed by atoms with van der Waals surface area (Å²) in [6.45, 7) is 0. The van der Waals surface area contributed by atoms with Gasteiger partial charge in [0.1, 0.15) is 7.05 Å². The average Bonchev–Trinajstić information content (AvgIpc) is 1.87. The molecule has 0 amide bonds. The Morgan fingerprint density at radius 3 is 2.86 bits per heavy atom. The van der Waals surface area contributed by atoms with E-state index in [0.717, 1.165) is 4.60 Å². The Morgan fingerprint density at radius 1 is 2.00 bits per heavy atom. The number of rotatable bonds is 0. The van der Waals surface area contributed by atoms with E-state index in [-0.39, 0.29) is 0 Å². The first-order valence-electron chi connectivity index (χ1n) is 1.85. The quantitative estimate of drug-likeness (QED) is 0.536. The standard InChI is InChI=1S/C3H4BrN3/c1-7-2-3(4)5-6-7/h2H,1H3/p+1. The van der Waals surface area contributed by atoms with Crippen molar-refractivity contribution in [3.8, 4) is 0 Å². The topological polar surface area (TPSA) is 32.6 Å². The Kier molecular flexibility index (Phi) is 1.10. The normalized spacial score (nSPS) is 9.43. The van der Waals surface area contributed by atoms with Crippen LogP contribution in [-0.4, -0.2) is 10.3 Å². The summed E-state index contributed by atoms with van der Waals surface area (Å²) in [6.07, 6.45) is 1.83. The number of aromatic amines is 1. The molecule has 0 aromatic carbocycles. The zero-order valence-electron chi connectivity index (χ0n) is 3.85. The predicted octanol–water partition coefficient (Wildman–Crippen LogP) is -0.00330. The predicted molar refractivity (Wildman–Crippen MR) is 27.5 cm³/mol. The molecule has 1 aromatic rings. The largest absolute Gasteiger partial charge is 0.283 e. The molecule has 1 rings (SSSR count). The summed E-state index contributed by atoms with van der Waals surface area (Å²) in [7, 11) is 1.87. The molecule has 0 radical (unpaired) electrons. The average molecular weight is 163 g/mol. The molecule has 0 aliphatic rings. The molecule has 1 N–H and O–H groups in total. The second-order valence-electron chi connectivity index (χ2n) is 1.27. The summed E-state index contributed by atoms with van der Waals surface area (Å²) >= 11 is 3.17. The minimum absolute atomic E-state index is 0.829. The second-order valence-corrected chi connectivity index (χ2v) is 2.09. The first kappa shape index (κ1) is 4.77. The maximum absolute atomic E-state index is 3.77. The highest BCUT2D eigenvalue weighted by atomic mass is 79.9. The van der Waals surface area contributed by atoms with Gasteiger partial charge in [0.2, 0.25) is 0 Å². The summed E-state index contributed by atoms with van der Waals surface area (Å²) in [5, 5.41) is 6.46. The van der Waals surface area contributed by atoms with Gasteiger partial charge in [-0.2, -0.15) is 4.68 Å². The third-order valence-electron chi connectivity index (χ3n) is 0.615. The molecule has 0 saturated heterocycles. The van der Waals surface area contributed by atoms with E-state index >= 15 is 0 Å². The number of nitrogens with zero attached hydrogens (tertiary/aromatic N) is 2. The molecule has 0 bridgehead atoms. The molecule has 0 spiro atoms. The highest BCUT2D eigenvalue weighted by molar-refractivity contribution is 9.10. The second kappa shape index (κ2) is 1.61. The lowest BCUT2D eigenvalue weighted by Gasteiger charge is -1.66. The van der Waals surface area contributed by atoms with Crippen LogP contribution in [0.1, 0.15) is 0 Å². The molecular formula is C3H5BrN3+. The molecule has 38 valence electrons. The number of nitrogens with one attached hydrogen (secondary N) is 1. The molecule has 0 atom stereocenters. The van der Waals surface area contributed by atoms with Crippen molar-refractivity contribution in [1.29, 1.82) is 0 Å². The molecule has 1 heterocycles. The maximum Gasteiger partial charge on any atom is 0.283 e. The van der Waals surface area contributed by atoms with E-state index in [0.29, 0.717) is 0 Å². The molecule has 3 nitrogen and oxygen atoms in total. The van der Waals surface area contributed by atoms with Crippen LogP contribution in [0.2, 0.25) is 0 Å². The van der Waals surface area contributed by atoms with E-state index < -0.39 is 0 Å². The third-order valence-corrected chi connectivity index (χ3v) is 0.997. The highest BCUT2D eigenvalue weighted by Crippen LogP contribution is 1.95. The van der Waals surface area contributed by atoms with E-state index in [2.05, 4.69) is 26.2 Å². The summed E-state index contributed by atoms with van der Waals surface area (Å²) in [6, 6.07) is 0. The van der Waals surface area contributed by atoms with Crippen molar-refractivity contribution >= 4 is 15.9 Å². The van der Waals surface area contributed by atoms with Crippen molar-refractivity contribution in [1.82, 2.24) is 10.3 Å². The fourth-order valence-electron chi connectivity index (χ4n) is 0.344. The molecule has 0 unspecified atom stereocenters. The van der Waals surface area contributed by atoms with Crippen LogP contribution in [0, 0.1) is 0 Å². The van der Waals surface area contributed by atoms with E-state index in [9.17, 15) is 0 Å². The Morgan fingerprint density at radius 2 is 2.71 bits per heavy atom. The summed E-state index contributed by atoms with van der Waals surface area (Å²) in [4.78, 5) is 0. The summed E-state index contributed by atoms with van der Waals surface area (Å²) in [5.74, 6) is 0. The lowest BCUT2D eigenvalue weighted by atomic mass is 10.9.